The van der Waals surface area contributed by atoms with Gasteiger partial charge >= 0.3 is 0 Å². The minimum Gasteiger partial charge on any atom is -0.313 e. The van der Waals surface area contributed by atoms with Crippen molar-refractivity contribution >= 4 is 11.8 Å². The van der Waals surface area contributed by atoms with Gasteiger partial charge in [-0.2, -0.15) is 11.8 Å². The fourth-order valence-electron chi connectivity index (χ4n) is 4.41. The highest BCUT2D eigenvalue weighted by Gasteiger charge is 2.31. The molecule has 2 aliphatic rings. The van der Waals surface area contributed by atoms with E-state index in [1.807, 2.05) is 0 Å². The summed E-state index contributed by atoms with van der Waals surface area (Å²) in [6, 6.07) is 0.780. The van der Waals surface area contributed by atoms with Crippen LogP contribution in [-0.4, -0.2) is 23.6 Å². The van der Waals surface area contributed by atoms with E-state index in [9.17, 15) is 0 Å². The quantitative estimate of drug-likeness (QED) is 0.623. The van der Waals surface area contributed by atoms with Crippen LogP contribution in [0.5, 0.6) is 0 Å². The van der Waals surface area contributed by atoms with Crippen LogP contribution in [0.25, 0.3) is 0 Å². The van der Waals surface area contributed by atoms with E-state index in [4.69, 9.17) is 0 Å². The normalized spacial score (nSPS) is 29.4. The second-order valence-electron chi connectivity index (χ2n) is 7.27. The van der Waals surface area contributed by atoms with E-state index in [1.54, 1.807) is 0 Å². The van der Waals surface area contributed by atoms with E-state index in [-0.39, 0.29) is 0 Å². The summed E-state index contributed by atoms with van der Waals surface area (Å²) < 4.78 is 0. The molecule has 0 aromatic heterocycles. The van der Waals surface area contributed by atoms with Crippen molar-refractivity contribution < 1.29 is 0 Å². The lowest BCUT2D eigenvalue weighted by atomic mass is 9.74. The van der Waals surface area contributed by atoms with Crippen LogP contribution in [0.4, 0.5) is 0 Å². The zero-order valence-corrected chi connectivity index (χ0v) is 15.2. The lowest BCUT2D eigenvalue weighted by Gasteiger charge is -2.38. The molecule has 0 radical (unpaired) electrons. The molecule has 0 bridgehead atoms. The van der Waals surface area contributed by atoms with Gasteiger partial charge in [-0.15, -0.1) is 0 Å². The zero-order valence-electron chi connectivity index (χ0n) is 14.4. The van der Waals surface area contributed by atoms with Crippen molar-refractivity contribution in [2.75, 3.05) is 12.3 Å². The molecule has 2 saturated carbocycles. The van der Waals surface area contributed by atoms with Crippen molar-refractivity contribution in [3.05, 3.63) is 0 Å². The average Bonchev–Trinajstić information content (AvgIpc) is 2.56. The molecule has 1 nitrogen and oxygen atoms in total. The Morgan fingerprint density at radius 3 is 2.38 bits per heavy atom. The van der Waals surface area contributed by atoms with Crippen LogP contribution in [0.3, 0.4) is 0 Å². The molecule has 0 heterocycles. The van der Waals surface area contributed by atoms with Gasteiger partial charge in [0.15, 0.2) is 0 Å². The summed E-state index contributed by atoms with van der Waals surface area (Å²) in [4.78, 5) is 0. The van der Waals surface area contributed by atoms with Crippen LogP contribution in [-0.2, 0) is 0 Å². The Kier molecular flexibility index (Phi) is 8.54. The van der Waals surface area contributed by atoms with Crippen LogP contribution in [0, 0.1) is 11.8 Å². The first-order valence-corrected chi connectivity index (χ1v) is 10.7. The highest BCUT2D eigenvalue weighted by molar-refractivity contribution is 7.99. The molecule has 1 N–H and O–H groups in total. The SMILES string of the molecule is CCCNC(CSC1CCCCC1)C1CCCCC1CC. The van der Waals surface area contributed by atoms with Crippen LogP contribution in [0.1, 0.15) is 84.5 Å². The maximum atomic E-state index is 3.92. The van der Waals surface area contributed by atoms with Gasteiger partial charge in [-0.25, -0.2) is 0 Å². The molecule has 2 heteroatoms. The van der Waals surface area contributed by atoms with Gasteiger partial charge in [0, 0.05) is 17.0 Å². The highest BCUT2D eigenvalue weighted by Crippen LogP contribution is 2.37. The van der Waals surface area contributed by atoms with Crippen molar-refractivity contribution in [2.45, 2.75) is 95.8 Å². The number of hydrogen-bond acceptors (Lipinski definition) is 2. The van der Waals surface area contributed by atoms with Crippen molar-refractivity contribution in [1.29, 1.82) is 0 Å². The third kappa shape index (κ3) is 5.78. The first kappa shape index (κ1) is 17.7. The Bertz CT molecular complexity index is 262. The van der Waals surface area contributed by atoms with E-state index in [0.717, 1.165) is 23.1 Å². The fourth-order valence-corrected chi connectivity index (χ4v) is 5.92. The topological polar surface area (TPSA) is 12.0 Å². The molecule has 3 unspecified atom stereocenters. The van der Waals surface area contributed by atoms with Gasteiger partial charge in [-0.3, -0.25) is 0 Å². The number of thioether (sulfide) groups is 1. The van der Waals surface area contributed by atoms with Crippen LogP contribution in [0.15, 0.2) is 0 Å². The number of nitrogens with one attached hydrogen (secondary N) is 1. The first-order valence-electron chi connectivity index (χ1n) is 9.70. The van der Waals surface area contributed by atoms with Crippen molar-refractivity contribution in [3.8, 4) is 0 Å². The largest absolute Gasteiger partial charge is 0.313 e. The molecule has 2 fully saturated rings. The van der Waals surface area contributed by atoms with Gasteiger partial charge in [0.05, 0.1) is 0 Å². The predicted molar refractivity (Wildman–Crippen MR) is 97.2 cm³/mol. The summed E-state index contributed by atoms with van der Waals surface area (Å²) in [7, 11) is 0. The molecule has 0 saturated heterocycles. The molecule has 0 aromatic rings. The lowest BCUT2D eigenvalue weighted by molar-refractivity contribution is 0.185. The standard InChI is InChI=1S/C19H37NS/c1-3-14-20-19(15-21-17-11-6-5-7-12-17)18-13-9-8-10-16(18)4-2/h16-20H,3-15H2,1-2H3. The van der Waals surface area contributed by atoms with Crippen LogP contribution in [0.2, 0.25) is 0 Å². The smallest absolute Gasteiger partial charge is 0.0189 e. The third-order valence-corrected chi connectivity index (χ3v) is 7.22. The Hall–Kier alpha value is 0.310. The summed E-state index contributed by atoms with van der Waals surface area (Å²) >= 11 is 2.30. The zero-order chi connectivity index (χ0) is 14.9. The van der Waals surface area contributed by atoms with E-state index >= 15 is 0 Å². The lowest BCUT2D eigenvalue weighted by Crippen LogP contribution is -2.43. The number of rotatable bonds is 8. The van der Waals surface area contributed by atoms with Crippen LogP contribution < -0.4 is 5.32 Å². The van der Waals surface area contributed by atoms with Gasteiger partial charge in [-0.05, 0) is 44.1 Å². The molecule has 0 spiro atoms. The second-order valence-corrected chi connectivity index (χ2v) is 8.60. The van der Waals surface area contributed by atoms with E-state index < -0.39 is 0 Å². The van der Waals surface area contributed by atoms with Crippen molar-refractivity contribution in [2.24, 2.45) is 11.8 Å². The molecule has 0 amide bonds. The van der Waals surface area contributed by atoms with Gasteiger partial charge in [0.1, 0.15) is 0 Å². The third-order valence-electron chi connectivity index (χ3n) is 5.73. The Balaban J connectivity index is 1.85. The molecular weight excluding hydrogens is 274 g/mol. The average molecular weight is 312 g/mol. The predicted octanol–water partition coefficient (Wildman–Crippen LogP) is 5.64. The van der Waals surface area contributed by atoms with E-state index in [2.05, 4.69) is 30.9 Å². The summed E-state index contributed by atoms with van der Waals surface area (Å²) in [5.41, 5.74) is 0. The maximum Gasteiger partial charge on any atom is 0.0189 e. The summed E-state index contributed by atoms with van der Waals surface area (Å²) in [6.45, 7) is 5.92. The minimum absolute atomic E-state index is 0.780. The minimum atomic E-state index is 0.780. The molecule has 0 aliphatic heterocycles. The summed E-state index contributed by atoms with van der Waals surface area (Å²) in [6.07, 6.45) is 16.0. The van der Waals surface area contributed by atoms with E-state index in [1.165, 1.54) is 82.9 Å². The van der Waals surface area contributed by atoms with Crippen molar-refractivity contribution in [3.63, 3.8) is 0 Å². The maximum absolute atomic E-state index is 3.92. The molecule has 124 valence electrons. The summed E-state index contributed by atoms with van der Waals surface area (Å²) in [5.74, 6) is 3.30. The monoisotopic (exact) mass is 311 g/mol. The number of hydrogen-bond donors (Lipinski definition) is 1. The summed E-state index contributed by atoms with van der Waals surface area (Å²) in [5, 5.41) is 4.89. The van der Waals surface area contributed by atoms with Crippen LogP contribution >= 0.6 is 11.8 Å². The molecule has 0 aromatic carbocycles. The second kappa shape index (κ2) is 10.2. The Morgan fingerprint density at radius 1 is 0.952 bits per heavy atom. The molecule has 21 heavy (non-hydrogen) atoms. The Morgan fingerprint density at radius 2 is 1.67 bits per heavy atom. The van der Waals surface area contributed by atoms with Gasteiger partial charge < -0.3 is 5.32 Å². The Labute approximate surface area is 137 Å². The molecular formula is C19H37NS. The fraction of sp³-hybridized carbons (Fsp3) is 1.00. The highest BCUT2D eigenvalue weighted by atomic mass is 32.2. The molecule has 2 rings (SSSR count). The first-order chi connectivity index (χ1) is 10.3. The van der Waals surface area contributed by atoms with Gasteiger partial charge in [-0.1, -0.05) is 58.8 Å². The van der Waals surface area contributed by atoms with Gasteiger partial charge in [0.2, 0.25) is 0 Å². The molecule has 3 atom stereocenters. The van der Waals surface area contributed by atoms with E-state index in [0.29, 0.717) is 0 Å². The van der Waals surface area contributed by atoms with Gasteiger partial charge in [0.25, 0.3) is 0 Å². The molecule has 2 aliphatic carbocycles. The van der Waals surface area contributed by atoms with Crippen molar-refractivity contribution in [1.82, 2.24) is 5.32 Å².